The Morgan fingerprint density at radius 2 is 2.23 bits per heavy atom. The number of anilines is 1. The quantitative estimate of drug-likeness (QED) is 0.942. The summed E-state index contributed by atoms with van der Waals surface area (Å²) in [5.41, 5.74) is 0.951. The number of hydrogen-bond acceptors (Lipinski definition) is 4. The second-order valence-corrected chi connectivity index (χ2v) is 5.73. The number of ether oxygens (including phenoxy) is 1. The number of halogens is 2. The normalized spacial score (nSPS) is 21.2. The van der Waals surface area contributed by atoms with Gasteiger partial charge >= 0.3 is 0 Å². The number of β-amino-alcohol motifs (C(OH)–C–C–N with tert-alkyl or cyclic N) is 1. The van der Waals surface area contributed by atoms with Crippen LogP contribution in [0.4, 0.5) is 10.2 Å². The van der Waals surface area contributed by atoms with Crippen LogP contribution in [0.3, 0.4) is 0 Å². The summed E-state index contributed by atoms with van der Waals surface area (Å²) in [5.74, 6) is 0.437. The first-order chi connectivity index (χ1) is 10.6. The average molecular weight is 323 g/mol. The number of pyridine rings is 1. The van der Waals surface area contributed by atoms with Gasteiger partial charge in [0.15, 0.2) is 11.6 Å². The minimum Gasteiger partial charge on any atom is -0.497 e. The molecule has 0 saturated carbocycles. The van der Waals surface area contributed by atoms with Crippen molar-refractivity contribution in [3.05, 3.63) is 52.9 Å². The number of aliphatic hydroxyl groups is 1. The van der Waals surface area contributed by atoms with Crippen molar-refractivity contribution < 1.29 is 14.2 Å². The van der Waals surface area contributed by atoms with Crippen LogP contribution in [-0.2, 0) is 0 Å². The highest BCUT2D eigenvalue weighted by Crippen LogP contribution is 2.37. The Labute approximate surface area is 133 Å². The molecular weight excluding hydrogens is 307 g/mol. The third-order valence-electron chi connectivity index (χ3n) is 3.82. The second-order valence-electron chi connectivity index (χ2n) is 5.29. The third kappa shape index (κ3) is 2.87. The van der Waals surface area contributed by atoms with Crippen LogP contribution >= 0.6 is 11.6 Å². The highest BCUT2D eigenvalue weighted by atomic mass is 35.5. The molecule has 1 aromatic carbocycles. The van der Waals surface area contributed by atoms with E-state index in [4.69, 9.17) is 16.3 Å². The van der Waals surface area contributed by atoms with Crippen molar-refractivity contribution in [3.63, 3.8) is 0 Å². The molecule has 1 saturated heterocycles. The monoisotopic (exact) mass is 322 g/mol. The van der Waals surface area contributed by atoms with E-state index in [9.17, 15) is 9.50 Å². The molecule has 4 nitrogen and oxygen atoms in total. The summed E-state index contributed by atoms with van der Waals surface area (Å²) in [6.07, 6.45) is 1.39. The minimum absolute atomic E-state index is 0.159. The van der Waals surface area contributed by atoms with Crippen LogP contribution in [0.25, 0.3) is 0 Å². The summed E-state index contributed by atoms with van der Waals surface area (Å²) in [7, 11) is 1.60. The maximum atomic E-state index is 14.2. The standard InChI is InChI=1S/C16H16ClFN2O2/c1-22-13-4-2-3-10(5-13)15-7-12(21)9-20(15)16-14(18)6-11(17)8-19-16/h2-6,8,12,15,21H,7,9H2,1H3/t12-,15-/m0/s1. The largest absolute Gasteiger partial charge is 0.497 e. The van der Waals surface area contributed by atoms with Crippen molar-refractivity contribution in [1.82, 2.24) is 4.98 Å². The van der Waals surface area contributed by atoms with Gasteiger partial charge in [-0.05, 0) is 30.2 Å². The lowest BCUT2D eigenvalue weighted by atomic mass is 10.0. The summed E-state index contributed by atoms with van der Waals surface area (Å²) in [4.78, 5) is 5.86. The molecular formula is C16H16ClFN2O2. The van der Waals surface area contributed by atoms with Crippen LogP contribution in [0.1, 0.15) is 18.0 Å². The molecule has 0 bridgehead atoms. The predicted octanol–water partition coefficient (Wildman–Crippen LogP) is 3.20. The van der Waals surface area contributed by atoms with Crippen molar-refractivity contribution in [3.8, 4) is 5.75 Å². The topological polar surface area (TPSA) is 45.6 Å². The van der Waals surface area contributed by atoms with Gasteiger partial charge in [0.05, 0.1) is 24.3 Å². The van der Waals surface area contributed by atoms with Crippen LogP contribution in [0.5, 0.6) is 5.75 Å². The number of hydrogen-bond donors (Lipinski definition) is 1. The van der Waals surface area contributed by atoms with E-state index in [-0.39, 0.29) is 16.9 Å². The smallest absolute Gasteiger partial charge is 0.167 e. The van der Waals surface area contributed by atoms with Gasteiger partial charge in [0.25, 0.3) is 0 Å². The maximum absolute atomic E-state index is 14.2. The Morgan fingerprint density at radius 1 is 1.41 bits per heavy atom. The molecule has 1 fully saturated rings. The van der Waals surface area contributed by atoms with Gasteiger partial charge in [-0.3, -0.25) is 0 Å². The maximum Gasteiger partial charge on any atom is 0.167 e. The molecule has 116 valence electrons. The number of nitrogens with zero attached hydrogens (tertiary/aromatic N) is 2. The molecule has 1 aliphatic heterocycles. The zero-order valence-corrected chi connectivity index (χ0v) is 12.8. The van der Waals surface area contributed by atoms with Crippen molar-refractivity contribution >= 4 is 17.4 Å². The van der Waals surface area contributed by atoms with Gasteiger partial charge < -0.3 is 14.7 Å². The van der Waals surface area contributed by atoms with E-state index in [1.54, 1.807) is 12.0 Å². The molecule has 0 unspecified atom stereocenters. The molecule has 0 radical (unpaired) electrons. The number of methoxy groups -OCH3 is 1. The van der Waals surface area contributed by atoms with Gasteiger partial charge in [-0.15, -0.1) is 0 Å². The zero-order chi connectivity index (χ0) is 15.7. The van der Waals surface area contributed by atoms with Crippen LogP contribution in [0, 0.1) is 5.82 Å². The van der Waals surface area contributed by atoms with Crippen molar-refractivity contribution in [1.29, 1.82) is 0 Å². The van der Waals surface area contributed by atoms with E-state index >= 15 is 0 Å². The van der Waals surface area contributed by atoms with Crippen LogP contribution in [0.2, 0.25) is 5.02 Å². The summed E-state index contributed by atoms with van der Waals surface area (Å²) in [6, 6.07) is 8.63. The first-order valence-corrected chi connectivity index (χ1v) is 7.36. The summed E-state index contributed by atoms with van der Waals surface area (Å²) < 4.78 is 19.4. The van der Waals surface area contributed by atoms with Crippen LogP contribution in [-0.4, -0.2) is 29.8 Å². The van der Waals surface area contributed by atoms with Gasteiger partial charge in [0.2, 0.25) is 0 Å². The molecule has 3 rings (SSSR count). The number of aliphatic hydroxyl groups excluding tert-OH is 1. The SMILES string of the molecule is COc1cccc([C@@H]2C[C@H](O)CN2c2ncc(Cl)cc2F)c1. The van der Waals surface area contributed by atoms with Crippen molar-refractivity contribution in [2.75, 3.05) is 18.6 Å². The first-order valence-electron chi connectivity index (χ1n) is 6.98. The van der Waals surface area contributed by atoms with E-state index in [2.05, 4.69) is 4.98 Å². The first kappa shape index (κ1) is 15.1. The van der Waals surface area contributed by atoms with E-state index in [0.717, 1.165) is 11.3 Å². The Hall–Kier alpha value is -1.85. The Bertz CT molecular complexity index is 683. The highest BCUT2D eigenvalue weighted by Gasteiger charge is 2.34. The summed E-state index contributed by atoms with van der Waals surface area (Å²) >= 11 is 5.76. The molecule has 2 aromatic rings. The lowest BCUT2D eigenvalue weighted by Crippen LogP contribution is -2.26. The lowest BCUT2D eigenvalue weighted by molar-refractivity contribution is 0.194. The van der Waals surface area contributed by atoms with E-state index in [1.165, 1.54) is 12.3 Å². The Balaban J connectivity index is 1.98. The summed E-state index contributed by atoms with van der Waals surface area (Å²) in [5, 5.41) is 10.3. The van der Waals surface area contributed by atoms with Gasteiger partial charge in [-0.1, -0.05) is 23.7 Å². The fourth-order valence-corrected chi connectivity index (χ4v) is 2.98. The van der Waals surface area contributed by atoms with Crippen molar-refractivity contribution in [2.24, 2.45) is 0 Å². The number of rotatable bonds is 3. The predicted molar refractivity (Wildman–Crippen MR) is 82.9 cm³/mol. The van der Waals surface area contributed by atoms with E-state index in [0.29, 0.717) is 13.0 Å². The summed E-state index contributed by atoms with van der Waals surface area (Å²) in [6.45, 7) is 0.327. The highest BCUT2D eigenvalue weighted by molar-refractivity contribution is 6.30. The Kier molecular flexibility index (Phi) is 4.18. The zero-order valence-electron chi connectivity index (χ0n) is 12.0. The van der Waals surface area contributed by atoms with Gasteiger partial charge in [0, 0.05) is 12.7 Å². The van der Waals surface area contributed by atoms with Crippen LogP contribution in [0.15, 0.2) is 36.5 Å². The molecule has 2 heterocycles. The van der Waals surface area contributed by atoms with E-state index in [1.807, 2.05) is 24.3 Å². The van der Waals surface area contributed by atoms with Gasteiger partial charge in [0.1, 0.15) is 5.75 Å². The molecule has 22 heavy (non-hydrogen) atoms. The molecule has 0 spiro atoms. The number of aromatic nitrogens is 1. The minimum atomic E-state index is -0.534. The third-order valence-corrected chi connectivity index (χ3v) is 4.02. The fourth-order valence-electron chi connectivity index (χ4n) is 2.83. The average Bonchev–Trinajstić information content (AvgIpc) is 2.89. The molecule has 2 atom stereocenters. The molecule has 1 aromatic heterocycles. The Morgan fingerprint density at radius 3 is 2.95 bits per heavy atom. The molecule has 6 heteroatoms. The fraction of sp³-hybridized carbons (Fsp3) is 0.312. The van der Waals surface area contributed by atoms with Crippen LogP contribution < -0.4 is 9.64 Å². The number of benzene rings is 1. The second kappa shape index (κ2) is 6.10. The van der Waals surface area contributed by atoms with Gasteiger partial charge in [-0.2, -0.15) is 0 Å². The molecule has 1 aliphatic rings. The van der Waals surface area contributed by atoms with E-state index < -0.39 is 11.9 Å². The van der Waals surface area contributed by atoms with Gasteiger partial charge in [-0.25, -0.2) is 9.37 Å². The molecule has 0 aliphatic carbocycles. The lowest BCUT2D eigenvalue weighted by Gasteiger charge is -2.26. The van der Waals surface area contributed by atoms with Crippen molar-refractivity contribution in [2.45, 2.75) is 18.6 Å². The molecule has 0 amide bonds. The molecule has 1 N–H and O–H groups in total.